The molecule has 0 amide bonds. The third kappa shape index (κ3) is 3.35. The fraction of sp³-hybridized carbons (Fsp3) is 0.118. The predicted octanol–water partition coefficient (Wildman–Crippen LogP) is 5.36. The molecule has 20 heavy (non-hydrogen) atoms. The van der Waals surface area contributed by atoms with Crippen LogP contribution in [-0.4, -0.2) is 4.98 Å². The van der Waals surface area contributed by atoms with Crippen molar-refractivity contribution in [3.8, 4) is 10.4 Å². The fourth-order valence-electron chi connectivity index (χ4n) is 2.10. The van der Waals surface area contributed by atoms with E-state index in [9.17, 15) is 0 Å². The van der Waals surface area contributed by atoms with Gasteiger partial charge in [0.25, 0.3) is 0 Å². The summed E-state index contributed by atoms with van der Waals surface area (Å²) in [6.45, 7) is 0. The smallest absolute Gasteiger partial charge is 0.0934 e. The number of benzene rings is 2. The molecular weight excluding hydrogens is 330 g/mol. The van der Waals surface area contributed by atoms with E-state index in [-0.39, 0.29) is 0 Å². The van der Waals surface area contributed by atoms with E-state index in [2.05, 4.69) is 69.4 Å². The largest absolute Gasteiger partial charge is 0.249 e. The van der Waals surface area contributed by atoms with E-state index >= 15 is 0 Å². The quantitative estimate of drug-likeness (QED) is 0.621. The standard InChI is InChI=1S/C17H14BrNS/c18-15-8-4-7-14(11-15)16-12-19-17(20-16)10-9-13-5-2-1-3-6-13/h1-8,11-12H,9-10H2. The molecule has 0 fully saturated rings. The molecule has 1 nitrogen and oxygen atoms in total. The van der Waals surface area contributed by atoms with Gasteiger partial charge in [-0.2, -0.15) is 0 Å². The first-order valence-corrected chi connectivity index (χ1v) is 8.17. The highest BCUT2D eigenvalue weighted by molar-refractivity contribution is 9.10. The van der Waals surface area contributed by atoms with Crippen molar-refractivity contribution in [2.75, 3.05) is 0 Å². The van der Waals surface area contributed by atoms with E-state index in [1.807, 2.05) is 12.3 Å². The molecule has 0 bridgehead atoms. The van der Waals surface area contributed by atoms with Gasteiger partial charge in [-0.1, -0.05) is 58.4 Å². The summed E-state index contributed by atoms with van der Waals surface area (Å²) < 4.78 is 1.11. The molecule has 3 aromatic rings. The van der Waals surface area contributed by atoms with Gasteiger partial charge in [0.2, 0.25) is 0 Å². The van der Waals surface area contributed by atoms with Crippen molar-refractivity contribution >= 4 is 27.3 Å². The molecular formula is C17H14BrNS. The molecule has 0 saturated heterocycles. The summed E-state index contributed by atoms with van der Waals surface area (Å²) in [6.07, 6.45) is 4.03. The number of aromatic nitrogens is 1. The second kappa shape index (κ2) is 6.33. The topological polar surface area (TPSA) is 12.9 Å². The maximum absolute atomic E-state index is 4.54. The van der Waals surface area contributed by atoms with Crippen LogP contribution in [0.3, 0.4) is 0 Å². The normalized spacial score (nSPS) is 10.7. The Hall–Kier alpha value is -1.45. The fourth-order valence-corrected chi connectivity index (χ4v) is 3.41. The van der Waals surface area contributed by atoms with Crippen LogP contribution in [0.5, 0.6) is 0 Å². The number of hydrogen-bond donors (Lipinski definition) is 0. The zero-order valence-corrected chi connectivity index (χ0v) is 13.3. The minimum atomic E-state index is 1.00. The summed E-state index contributed by atoms with van der Waals surface area (Å²) >= 11 is 5.29. The molecule has 0 saturated carbocycles. The Labute approximate surface area is 131 Å². The first-order valence-electron chi connectivity index (χ1n) is 6.56. The van der Waals surface area contributed by atoms with Crippen molar-refractivity contribution in [3.63, 3.8) is 0 Å². The number of rotatable bonds is 4. The van der Waals surface area contributed by atoms with Crippen molar-refractivity contribution in [3.05, 3.63) is 75.8 Å². The Balaban J connectivity index is 1.71. The maximum Gasteiger partial charge on any atom is 0.0934 e. The van der Waals surface area contributed by atoms with Gasteiger partial charge in [0.15, 0.2) is 0 Å². The third-order valence-electron chi connectivity index (χ3n) is 3.13. The number of halogens is 1. The first-order chi connectivity index (χ1) is 9.81. The van der Waals surface area contributed by atoms with Crippen molar-refractivity contribution in [2.24, 2.45) is 0 Å². The maximum atomic E-state index is 4.54. The molecule has 0 atom stereocenters. The molecule has 1 heterocycles. The molecule has 3 heteroatoms. The van der Waals surface area contributed by atoms with E-state index in [4.69, 9.17) is 0 Å². The van der Waals surface area contributed by atoms with Crippen LogP contribution in [0.25, 0.3) is 10.4 Å². The van der Waals surface area contributed by atoms with Crippen LogP contribution < -0.4 is 0 Å². The third-order valence-corrected chi connectivity index (χ3v) is 4.73. The lowest BCUT2D eigenvalue weighted by atomic mass is 10.1. The zero-order chi connectivity index (χ0) is 13.8. The molecule has 100 valence electrons. The van der Waals surface area contributed by atoms with Crippen LogP contribution >= 0.6 is 27.3 Å². The van der Waals surface area contributed by atoms with Gasteiger partial charge in [-0.3, -0.25) is 0 Å². The van der Waals surface area contributed by atoms with E-state index in [0.29, 0.717) is 0 Å². The minimum Gasteiger partial charge on any atom is -0.249 e. The van der Waals surface area contributed by atoms with Gasteiger partial charge >= 0.3 is 0 Å². The van der Waals surface area contributed by atoms with Crippen LogP contribution in [0.1, 0.15) is 10.6 Å². The Morgan fingerprint density at radius 1 is 0.950 bits per heavy atom. The Bertz CT molecular complexity index is 691. The van der Waals surface area contributed by atoms with Crippen molar-refractivity contribution in [1.29, 1.82) is 0 Å². The van der Waals surface area contributed by atoms with Crippen LogP contribution in [0.2, 0.25) is 0 Å². The SMILES string of the molecule is Brc1cccc(-c2cnc(CCc3ccccc3)s2)c1. The molecule has 0 radical (unpaired) electrons. The summed E-state index contributed by atoms with van der Waals surface area (Å²) in [7, 11) is 0. The van der Waals surface area contributed by atoms with Gasteiger partial charge in [-0.25, -0.2) is 4.98 Å². The monoisotopic (exact) mass is 343 g/mol. The predicted molar refractivity (Wildman–Crippen MR) is 89.1 cm³/mol. The lowest BCUT2D eigenvalue weighted by Gasteiger charge is -1.98. The lowest BCUT2D eigenvalue weighted by molar-refractivity contribution is 0.944. The molecule has 3 rings (SSSR count). The Kier molecular flexibility index (Phi) is 4.28. The molecule has 2 aromatic carbocycles. The molecule has 0 spiro atoms. The molecule has 0 aliphatic carbocycles. The second-order valence-corrected chi connectivity index (χ2v) is 6.65. The molecule has 1 aromatic heterocycles. The van der Waals surface area contributed by atoms with Gasteiger partial charge in [0.1, 0.15) is 0 Å². The summed E-state index contributed by atoms with van der Waals surface area (Å²) in [5.41, 5.74) is 2.59. The zero-order valence-electron chi connectivity index (χ0n) is 10.9. The average molecular weight is 344 g/mol. The number of aryl methyl sites for hydroxylation is 2. The van der Waals surface area contributed by atoms with Gasteiger partial charge in [0.05, 0.1) is 9.88 Å². The van der Waals surface area contributed by atoms with Crippen molar-refractivity contribution in [2.45, 2.75) is 12.8 Å². The van der Waals surface area contributed by atoms with E-state index in [0.717, 1.165) is 17.3 Å². The minimum absolute atomic E-state index is 1.00. The molecule has 0 aliphatic rings. The Morgan fingerprint density at radius 2 is 1.80 bits per heavy atom. The van der Waals surface area contributed by atoms with E-state index in [1.54, 1.807) is 11.3 Å². The van der Waals surface area contributed by atoms with Crippen LogP contribution in [0.15, 0.2) is 65.3 Å². The van der Waals surface area contributed by atoms with Crippen LogP contribution in [0, 0.1) is 0 Å². The first kappa shape index (κ1) is 13.5. The van der Waals surface area contributed by atoms with Gasteiger partial charge in [-0.05, 0) is 29.7 Å². The summed E-state index contributed by atoms with van der Waals surface area (Å²) in [5.74, 6) is 0. The molecule has 0 unspecified atom stereocenters. The number of nitrogens with zero attached hydrogens (tertiary/aromatic N) is 1. The summed E-state index contributed by atoms with van der Waals surface area (Å²) in [6, 6.07) is 18.9. The van der Waals surface area contributed by atoms with Gasteiger partial charge < -0.3 is 0 Å². The van der Waals surface area contributed by atoms with Gasteiger partial charge in [0, 0.05) is 17.1 Å². The summed E-state index contributed by atoms with van der Waals surface area (Å²) in [5, 5.41) is 1.20. The second-order valence-electron chi connectivity index (χ2n) is 4.61. The number of thiazole rings is 1. The lowest BCUT2D eigenvalue weighted by Crippen LogP contribution is -1.89. The molecule has 0 aliphatic heterocycles. The van der Waals surface area contributed by atoms with Crippen molar-refractivity contribution in [1.82, 2.24) is 4.98 Å². The highest BCUT2D eigenvalue weighted by atomic mass is 79.9. The van der Waals surface area contributed by atoms with Gasteiger partial charge in [-0.15, -0.1) is 11.3 Å². The number of hydrogen-bond acceptors (Lipinski definition) is 2. The Morgan fingerprint density at radius 3 is 2.60 bits per heavy atom. The highest BCUT2D eigenvalue weighted by Crippen LogP contribution is 2.28. The van der Waals surface area contributed by atoms with Crippen LogP contribution in [0.4, 0.5) is 0 Å². The average Bonchev–Trinajstić information content (AvgIpc) is 2.95. The summed E-state index contributed by atoms with van der Waals surface area (Å²) in [4.78, 5) is 5.77. The van der Waals surface area contributed by atoms with E-state index in [1.165, 1.54) is 21.0 Å². The highest BCUT2D eigenvalue weighted by Gasteiger charge is 2.05. The molecule has 0 N–H and O–H groups in total. The van der Waals surface area contributed by atoms with Crippen LogP contribution in [-0.2, 0) is 12.8 Å². The van der Waals surface area contributed by atoms with E-state index < -0.39 is 0 Å². The van der Waals surface area contributed by atoms with Crippen molar-refractivity contribution < 1.29 is 0 Å².